The smallest absolute Gasteiger partial charge is 0.290 e. The Hall–Kier alpha value is -3.73. The third-order valence-electron chi connectivity index (χ3n) is 3.95. The molecule has 2 heterocycles. The van der Waals surface area contributed by atoms with Crippen molar-refractivity contribution in [3.8, 4) is 17.4 Å². The second-order valence-electron chi connectivity index (χ2n) is 6.08. The highest BCUT2D eigenvalue weighted by Crippen LogP contribution is 2.35. The summed E-state index contributed by atoms with van der Waals surface area (Å²) in [6, 6.07) is 4.79. The fraction of sp³-hybridized carbons (Fsp3) is 0.222. The van der Waals surface area contributed by atoms with E-state index >= 15 is 0 Å². The number of hydrazone groups is 1. The van der Waals surface area contributed by atoms with Gasteiger partial charge in [-0.3, -0.25) is 14.6 Å². The Morgan fingerprint density at radius 1 is 1.23 bits per heavy atom. The number of hydrogen-bond donors (Lipinski definition) is 2. The zero-order valence-electron chi connectivity index (χ0n) is 16.6. The summed E-state index contributed by atoms with van der Waals surface area (Å²) in [5, 5.41) is 16.1. The number of aromatic nitrogens is 5. The number of ether oxygens (including phenoxy) is 2. The maximum atomic E-state index is 12.6. The largest absolute Gasteiger partial charge is 0.493 e. The van der Waals surface area contributed by atoms with Crippen molar-refractivity contribution in [1.82, 2.24) is 30.4 Å². The minimum atomic E-state index is -0.568. The fourth-order valence-electron chi connectivity index (χ4n) is 2.54. The molecule has 156 valence electrons. The van der Waals surface area contributed by atoms with Gasteiger partial charge in [0.1, 0.15) is 11.4 Å². The molecule has 2 aromatic heterocycles. The highest BCUT2D eigenvalue weighted by molar-refractivity contribution is 6.32. The fourth-order valence-corrected chi connectivity index (χ4v) is 2.83. The molecular weight excluding hydrogens is 414 g/mol. The number of amides is 1. The number of rotatable bonds is 6. The Bertz CT molecular complexity index is 1190. The first-order valence-electron chi connectivity index (χ1n) is 8.59. The number of benzene rings is 1. The first-order chi connectivity index (χ1) is 14.3. The normalized spacial score (nSPS) is 11.0. The lowest BCUT2D eigenvalue weighted by molar-refractivity contribution is 0.0947. The molecular formula is C18H18ClN7O4. The molecule has 0 unspecified atom stereocenters. The lowest BCUT2D eigenvalue weighted by Crippen LogP contribution is -2.24. The van der Waals surface area contributed by atoms with Gasteiger partial charge in [0, 0.05) is 0 Å². The number of halogens is 1. The summed E-state index contributed by atoms with van der Waals surface area (Å²) < 4.78 is 11.6. The molecule has 30 heavy (non-hydrogen) atoms. The molecule has 0 aliphatic heterocycles. The first kappa shape index (κ1) is 21.0. The Kier molecular flexibility index (Phi) is 6.11. The van der Waals surface area contributed by atoms with Gasteiger partial charge < -0.3 is 9.47 Å². The van der Waals surface area contributed by atoms with Crippen LogP contribution in [0.4, 0.5) is 0 Å². The molecule has 0 saturated carbocycles. The second-order valence-corrected chi connectivity index (χ2v) is 6.49. The molecule has 0 spiro atoms. The van der Waals surface area contributed by atoms with Crippen LogP contribution >= 0.6 is 11.6 Å². The van der Waals surface area contributed by atoms with E-state index in [-0.39, 0.29) is 17.3 Å². The van der Waals surface area contributed by atoms with Gasteiger partial charge in [-0.25, -0.2) is 5.43 Å². The van der Waals surface area contributed by atoms with Gasteiger partial charge in [-0.15, -0.1) is 10.2 Å². The summed E-state index contributed by atoms with van der Waals surface area (Å²) in [4.78, 5) is 26.9. The van der Waals surface area contributed by atoms with Crippen LogP contribution in [0.15, 0.2) is 28.1 Å². The molecule has 2 N–H and O–H groups in total. The number of hydrogen-bond acceptors (Lipinski definition) is 8. The molecule has 0 saturated heterocycles. The van der Waals surface area contributed by atoms with Gasteiger partial charge in [-0.2, -0.15) is 14.9 Å². The van der Waals surface area contributed by atoms with Crippen LogP contribution < -0.4 is 20.5 Å². The zero-order chi connectivity index (χ0) is 21.8. The number of nitrogens with zero attached hydrogens (tertiary/aromatic N) is 5. The van der Waals surface area contributed by atoms with E-state index in [1.54, 1.807) is 19.1 Å². The molecule has 12 heteroatoms. The van der Waals surface area contributed by atoms with Crippen LogP contribution in [0.2, 0.25) is 5.02 Å². The predicted molar refractivity (Wildman–Crippen MR) is 109 cm³/mol. The van der Waals surface area contributed by atoms with Gasteiger partial charge in [-0.1, -0.05) is 11.6 Å². The maximum Gasteiger partial charge on any atom is 0.290 e. The average molecular weight is 432 g/mol. The number of methoxy groups -OCH3 is 2. The molecule has 0 aliphatic carbocycles. The number of carbonyl (C=O) groups excluding carboxylic acids is 1. The van der Waals surface area contributed by atoms with Crippen LogP contribution in [0.5, 0.6) is 11.5 Å². The quantitative estimate of drug-likeness (QED) is 0.444. The third kappa shape index (κ3) is 4.30. The predicted octanol–water partition coefficient (Wildman–Crippen LogP) is 1.40. The van der Waals surface area contributed by atoms with E-state index in [1.165, 1.54) is 38.1 Å². The maximum absolute atomic E-state index is 12.6. The summed E-state index contributed by atoms with van der Waals surface area (Å²) in [6.45, 7) is 3.22. The lowest BCUT2D eigenvalue weighted by Gasteiger charge is -2.10. The van der Waals surface area contributed by atoms with Crippen molar-refractivity contribution in [1.29, 1.82) is 0 Å². The van der Waals surface area contributed by atoms with Gasteiger partial charge in [-0.05, 0) is 37.6 Å². The third-order valence-corrected chi connectivity index (χ3v) is 4.23. The van der Waals surface area contributed by atoms with E-state index in [4.69, 9.17) is 21.1 Å². The summed E-state index contributed by atoms with van der Waals surface area (Å²) in [5.74, 6) is 0.266. The van der Waals surface area contributed by atoms with Crippen molar-refractivity contribution in [2.75, 3.05) is 14.2 Å². The molecule has 1 amide bonds. The van der Waals surface area contributed by atoms with Crippen molar-refractivity contribution >= 4 is 23.7 Å². The number of H-pyrrole nitrogens is 1. The van der Waals surface area contributed by atoms with E-state index in [9.17, 15) is 9.59 Å². The number of aryl methyl sites for hydroxylation is 2. The van der Waals surface area contributed by atoms with Crippen LogP contribution in [0.25, 0.3) is 5.95 Å². The highest BCUT2D eigenvalue weighted by Gasteiger charge is 2.17. The van der Waals surface area contributed by atoms with E-state index < -0.39 is 11.5 Å². The molecule has 0 fully saturated rings. The number of carbonyl (C=O) groups is 1. The zero-order valence-corrected chi connectivity index (χ0v) is 17.3. The molecule has 0 bridgehead atoms. The molecule has 3 rings (SSSR count). The summed E-state index contributed by atoms with van der Waals surface area (Å²) in [5.41, 5.74) is 3.41. The topological polar surface area (TPSA) is 136 Å². The second kappa shape index (κ2) is 8.74. The molecule has 0 radical (unpaired) electrons. The molecule has 0 aliphatic rings. The standard InChI is InChI=1S/C18H18ClN7O4/c1-9-5-13(26(25-9)18-21-16(27)10(2)22-24-18)17(28)23-20-8-11-6-12(19)15(30-4)14(7-11)29-3/h5-8H,1-4H3,(H,23,28)(H,21,24,27)/b20-8-. The van der Waals surface area contributed by atoms with Crippen LogP contribution in [0.3, 0.4) is 0 Å². The van der Waals surface area contributed by atoms with Gasteiger partial charge in [0.2, 0.25) is 0 Å². The molecule has 1 aromatic carbocycles. The van der Waals surface area contributed by atoms with Crippen LogP contribution in [-0.2, 0) is 0 Å². The Balaban J connectivity index is 1.83. The first-order valence-corrected chi connectivity index (χ1v) is 8.97. The van der Waals surface area contributed by atoms with E-state index in [0.717, 1.165) is 0 Å². The number of aromatic amines is 1. The van der Waals surface area contributed by atoms with Gasteiger partial charge in [0.25, 0.3) is 17.4 Å². The average Bonchev–Trinajstić information content (AvgIpc) is 3.11. The Morgan fingerprint density at radius 3 is 2.67 bits per heavy atom. The van der Waals surface area contributed by atoms with Gasteiger partial charge in [0.15, 0.2) is 11.5 Å². The Morgan fingerprint density at radius 2 is 2.00 bits per heavy atom. The van der Waals surface area contributed by atoms with E-state index in [1.807, 2.05) is 0 Å². The minimum Gasteiger partial charge on any atom is -0.493 e. The van der Waals surface area contributed by atoms with Crippen molar-refractivity contribution < 1.29 is 14.3 Å². The monoisotopic (exact) mass is 431 g/mol. The van der Waals surface area contributed by atoms with Crippen molar-refractivity contribution in [2.24, 2.45) is 5.10 Å². The van der Waals surface area contributed by atoms with Crippen LogP contribution in [-0.4, -0.2) is 51.3 Å². The summed E-state index contributed by atoms with van der Waals surface area (Å²) in [6.07, 6.45) is 1.40. The minimum absolute atomic E-state index is 0.0134. The summed E-state index contributed by atoms with van der Waals surface area (Å²) >= 11 is 6.16. The van der Waals surface area contributed by atoms with Gasteiger partial charge >= 0.3 is 0 Å². The molecule has 3 aromatic rings. The van der Waals surface area contributed by atoms with Crippen molar-refractivity contribution in [3.63, 3.8) is 0 Å². The van der Waals surface area contributed by atoms with E-state index in [0.29, 0.717) is 27.8 Å². The SMILES string of the molecule is COc1cc(/C=N\NC(=O)c2cc(C)nn2-c2nnc(C)c(=O)[nH]2)cc(Cl)c1OC. The molecule has 11 nitrogen and oxygen atoms in total. The van der Waals surface area contributed by atoms with Crippen LogP contribution in [0, 0.1) is 13.8 Å². The van der Waals surface area contributed by atoms with E-state index in [2.05, 4.69) is 30.8 Å². The summed E-state index contributed by atoms with van der Waals surface area (Å²) in [7, 11) is 2.97. The van der Waals surface area contributed by atoms with Crippen LogP contribution in [0.1, 0.15) is 27.4 Å². The van der Waals surface area contributed by atoms with Crippen molar-refractivity contribution in [3.05, 3.63) is 56.2 Å². The van der Waals surface area contributed by atoms with Crippen molar-refractivity contribution in [2.45, 2.75) is 13.8 Å². The highest BCUT2D eigenvalue weighted by atomic mass is 35.5. The number of nitrogens with one attached hydrogen (secondary N) is 2. The van der Waals surface area contributed by atoms with Gasteiger partial charge in [0.05, 0.1) is 31.2 Å². The lowest BCUT2D eigenvalue weighted by atomic mass is 10.2. The Labute approximate surface area is 175 Å². The molecule has 0 atom stereocenters.